The molecule has 3 N–H and O–H groups in total. The lowest BCUT2D eigenvalue weighted by molar-refractivity contribution is -0.147. The molecule has 0 aliphatic carbocycles. The molecule has 0 aromatic heterocycles. The minimum atomic E-state index is -4.04. The van der Waals surface area contributed by atoms with Gasteiger partial charge in [-0.3, -0.25) is 9.63 Å². The molecule has 1 aromatic carbocycles. The summed E-state index contributed by atoms with van der Waals surface area (Å²) in [6.07, 6.45) is -0.186. The van der Waals surface area contributed by atoms with E-state index in [2.05, 4.69) is 27.4 Å². The molecule has 1 rings (SSSR count). The van der Waals surface area contributed by atoms with E-state index in [1.54, 1.807) is 48.5 Å². The monoisotopic (exact) mass is 511 g/mol. The predicted molar refractivity (Wildman–Crippen MR) is 132 cm³/mol. The molecule has 10 nitrogen and oxygen atoms in total. The van der Waals surface area contributed by atoms with Gasteiger partial charge in [-0.2, -0.15) is 4.72 Å². The van der Waals surface area contributed by atoms with Crippen LogP contribution in [0, 0.1) is 11.8 Å². The molecule has 1 aromatic rings. The van der Waals surface area contributed by atoms with E-state index < -0.39 is 39.3 Å². The molecule has 11 heteroatoms. The minimum absolute atomic E-state index is 0.0344. The Labute approximate surface area is 208 Å². The second-order valence-electron chi connectivity index (χ2n) is 9.61. The lowest BCUT2D eigenvalue weighted by Gasteiger charge is -2.23. The van der Waals surface area contributed by atoms with Gasteiger partial charge in [0.05, 0.1) is 10.5 Å². The second-order valence-corrected chi connectivity index (χ2v) is 11.3. The molecule has 0 fully saturated rings. The first kappa shape index (κ1) is 30.2. The van der Waals surface area contributed by atoms with Crippen LogP contribution in [0.5, 0.6) is 5.75 Å². The average Bonchev–Trinajstić information content (AvgIpc) is 2.73. The van der Waals surface area contributed by atoms with E-state index in [0.717, 1.165) is 0 Å². The molecule has 196 valence electrons. The van der Waals surface area contributed by atoms with Gasteiger partial charge >= 0.3 is 6.09 Å². The summed E-state index contributed by atoms with van der Waals surface area (Å²) in [5.41, 5.74) is 0.991. The standard InChI is InChI=1S/C24H37N3O7S/c1-8-9-17-32-18-12-14-19(15-13-18)35(30,31)27-20(21(28)26-34-24(5,6)7)11-10-16-25-22(29)33-23(2,3)4/h12-15,20,27H,10-11,16-17H2,1-7H3,(H,25,29)(H,26,28)/t20-/m1/s1. The summed E-state index contributed by atoms with van der Waals surface area (Å²) in [6.45, 7) is 12.5. The van der Waals surface area contributed by atoms with Crippen molar-refractivity contribution in [3.05, 3.63) is 24.3 Å². The fraction of sp³-hybridized carbons (Fsp3) is 0.583. The summed E-state index contributed by atoms with van der Waals surface area (Å²) in [5.74, 6) is 5.27. The highest BCUT2D eigenvalue weighted by Crippen LogP contribution is 2.17. The van der Waals surface area contributed by atoms with Gasteiger partial charge in [-0.15, -0.1) is 5.92 Å². The van der Waals surface area contributed by atoms with Gasteiger partial charge in [0.25, 0.3) is 5.91 Å². The summed E-state index contributed by atoms with van der Waals surface area (Å²) in [4.78, 5) is 29.8. The van der Waals surface area contributed by atoms with Gasteiger partial charge in [-0.1, -0.05) is 5.92 Å². The maximum Gasteiger partial charge on any atom is 0.407 e. The van der Waals surface area contributed by atoms with E-state index >= 15 is 0 Å². The maximum atomic E-state index is 12.9. The number of carbonyl (C=O) groups excluding carboxylic acids is 2. The summed E-state index contributed by atoms with van der Waals surface area (Å²) in [6, 6.07) is 4.63. The van der Waals surface area contributed by atoms with E-state index in [-0.39, 0.29) is 24.5 Å². The van der Waals surface area contributed by atoms with Crippen molar-refractivity contribution in [2.24, 2.45) is 0 Å². The van der Waals surface area contributed by atoms with Crippen molar-refractivity contribution < 1.29 is 32.3 Å². The van der Waals surface area contributed by atoms with Crippen molar-refractivity contribution in [1.82, 2.24) is 15.5 Å². The molecule has 0 spiro atoms. The fourth-order valence-corrected chi connectivity index (χ4v) is 3.72. The number of ether oxygens (including phenoxy) is 2. The van der Waals surface area contributed by atoms with Gasteiger partial charge in [0.2, 0.25) is 10.0 Å². The third kappa shape index (κ3) is 13.0. The van der Waals surface area contributed by atoms with Crippen LogP contribution < -0.4 is 20.3 Å². The van der Waals surface area contributed by atoms with Gasteiger partial charge in [0.1, 0.15) is 24.0 Å². The SMILES string of the molecule is CC#CCOc1ccc(S(=O)(=O)N[C@H](CCCNC(=O)OC(C)(C)C)C(=O)NOC(C)(C)C)cc1. The molecule has 1 atom stereocenters. The number of carbonyl (C=O) groups is 2. The Balaban J connectivity index is 2.86. The van der Waals surface area contributed by atoms with Crippen molar-refractivity contribution in [2.75, 3.05) is 13.2 Å². The molecule has 0 aliphatic heterocycles. The first-order valence-corrected chi connectivity index (χ1v) is 12.7. The van der Waals surface area contributed by atoms with E-state index in [4.69, 9.17) is 14.3 Å². The van der Waals surface area contributed by atoms with Crippen LogP contribution in [0.25, 0.3) is 0 Å². The Bertz CT molecular complexity index is 999. The number of benzene rings is 1. The summed E-state index contributed by atoms with van der Waals surface area (Å²) >= 11 is 0. The molecule has 0 radical (unpaired) electrons. The second kappa shape index (κ2) is 13.3. The molecular formula is C24H37N3O7S. The third-order valence-corrected chi connectivity index (χ3v) is 5.52. The summed E-state index contributed by atoms with van der Waals surface area (Å²) in [5, 5.41) is 2.59. The molecule has 0 saturated carbocycles. The normalized spacial score (nSPS) is 12.7. The highest BCUT2D eigenvalue weighted by atomic mass is 32.2. The largest absolute Gasteiger partial charge is 0.481 e. The van der Waals surface area contributed by atoms with Crippen LogP contribution in [-0.2, 0) is 24.4 Å². The van der Waals surface area contributed by atoms with Crippen molar-refractivity contribution in [1.29, 1.82) is 0 Å². The number of amides is 2. The van der Waals surface area contributed by atoms with Crippen LogP contribution >= 0.6 is 0 Å². The van der Waals surface area contributed by atoms with E-state index in [0.29, 0.717) is 12.2 Å². The molecule has 35 heavy (non-hydrogen) atoms. The van der Waals surface area contributed by atoms with Gasteiger partial charge in [-0.25, -0.2) is 18.7 Å². The van der Waals surface area contributed by atoms with Crippen LogP contribution in [0.15, 0.2) is 29.2 Å². The number of hydroxylamine groups is 1. The molecule has 2 amide bonds. The van der Waals surface area contributed by atoms with Crippen molar-refractivity contribution in [3.63, 3.8) is 0 Å². The smallest absolute Gasteiger partial charge is 0.407 e. The minimum Gasteiger partial charge on any atom is -0.481 e. The zero-order chi connectivity index (χ0) is 26.7. The molecular weight excluding hydrogens is 474 g/mol. The number of hydrogen-bond donors (Lipinski definition) is 3. The molecule has 0 bridgehead atoms. The van der Waals surface area contributed by atoms with Crippen LogP contribution in [0.1, 0.15) is 61.3 Å². The number of rotatable bonds is 11. The van der Waals surface area contributed by atoms with E-state index in [1.807, 2.05) is 0 Å². The van der Waals surface area contributed by atoms with Crippen LogP contribution in [0.2, 0.25) is 0 Å². The first-order valence-electron chi connectivity index (χ1n) is 11.2. The number of nitrogens with one attached hydrogen (secondary N) is 3. The topological polar surface area (TPSA) is 132 Å². The number of sulfonamides is 1. The summed E-state index contributed by atoms with van der Waals surface area (Å²) in [7, 11) is -4.04. The van der Waals surface area contributed by atoms with Gasteiger partial charge in [0, 0.05) is 6.54 Å². The maximum absolute atomic E-state index is 12.9. The lowest BCUT2D eigenvalue weighted by Crippen LogP contribution is -2.48. The first-order chi connectivity index (χ1) is 16.1. The van der Waals surface area contributed by atoms with Crippen molar-refractivity contribution >= 4 is 22.0 Å². The zero-order valence-corrected chi connectivity index (χ0v) is 22.3. The molecule has 0 heterocycles. The van der Waals surface area contributed by atoms with Crippen LogP contribution in [-0.4, -0.2) is 50.8 Å². The van der Waals surface area contributed by atoms with Gasteiger partial charge < -0.3 is 14.8 Å². The molecule has 0 unspecified atom stereocenters. The lowest BCUT2D eigenvalue weighted by atomic mass is 10.1. The summed E-state index contributed by atoms with van der Waals surface area (Å²) < 4.78 is 38.8. The molecule has 0 aliphatic rings. The van der Waals surface area contributed by atoms with E-state index in [1.165, 1.54) is 24.3 Å². The zero-order valence-electron chi connectivity index (χ0n) is 21.5. The van der Waals surface area contributed by atoms with Crippen molar-refractivity contribution in [2.45, 2.75) is 83.4 Å². The number of hydrogen-bond acceptors (Lipinski definition) is 7. The van der Waals surface area contributed by atoms with Gasteiger partial charge in [0.15, 0.2) is 0 Å². The Morgan fingerprint density at radius 1 is 1.03 bits per heavy atom. The number of alkyl carbamates (subject to hydrolysis) is 1. The predicted octanol–water partition coefficient (Wildman–Crippen LogP) is 2.89. The van der Waals surface area contributed by atoms with Crippen LogP contribution in [0.3, 0.4) is 0 Å². The van der Waals surface area contributed by atoms with E-state index in [9.17, 15) is 18.0 Å². The van der Waals surface area contributed by atoms with Crippen molar-refractivity contribution in [3.8, 4) is 17.6 Å². The third-order valence-electron chi connectivity index (χ3n) is 4.03. The fourth-order valence-electron chi connectivity index (χ4n) is 2.49. The van der Waals surface area contributed by atoms with Gasteiger partial charge in [-0.05, 0) is 85.6 Å². The Hall–Kier alpha value is -2.81. The van der Waals surface area contributed by atoms with Crippen LogP contribution in [0.4, 0.5) is 4.79 Å². The average molecular weight is 512 g/mol. The Morgan fingerprint density at radius 3 is 2.20 bits per heavy atom. The highest BCUT2D eigenvalue weighted by molar-refractivity contribution is 7.89. The Kier molecular flexibility index (Phi) is 11.5. The Morgan fingerprint density at radius 2 is 1.66 bits per heavy atom. The quantitative estimate of drug-likeness (QED) is 0.236. The highest BCUT2D eigenvalue weighted by Gasteiger charge is 2.27. The molecule has 0 saturated heterocycles.